The normalized spacial score (nSPS) is 14.8. The van der Waals surface area contributed by atoms with Gasteiger partial charge in [-0.25, -0.2) is 4.98 Å². The lowest BCUT2D eigenvalue weighted by Gasteiger charge is -2.08. The van der Waals surface area contributed by atoms with E-state index in [2.05, 4.69) is 14.7 Å². The van der Waals surface area contributed by atoms with Gasteiger partial charge >= 0.3 is 6.18 Å². The third kappa shape index (κ3) is 4.12. The van der Waals surface area contributed by atoms with Gasteiger partial charge in [0, 0.05) is 10.4 Å². The van der Waals surface area contributed by atoms with Gasteiger partial charge in [-0.2, -0.15) is 13.2 Å². The molecule has 2 aromatic heterocycles. The fraction of sp³-hybridized carbons (Fsp3) is 0.400. The lowest BCUT2D eigenvalue weighted by molar-refractivity contribution is -0.176. The number of hydrogen-bond donors (Lipinski definition) is 1. The maximum atomic E-state index is 12.7. The van der Waals surface area contributed by atoms with Gasteiger partial charge in [-0.1, -0.05) is 30.7 Å². The number of ether oxygens (including phenoxy) is 1. The molecule has 0 radical (unpaired) electrons. The number of nitrogens with zero attached hydrogens (tertiary/aromatic N) is 1. The first-order valence-electron chi connectivity index (χ1n) is 9.19. The summed E-state index contributed by atoms with van der Waals surface area (Å²) in [6.45, 7) is -1.40. The molecule has 1 aromatic carbocycles. The fourth-order valence-electron chi connectivity index (χ4n) is 3.52. The van der Waals surface area contributed by atoms with Crippen LogP contribution in [0.3, 0.4) is 0 Å². The van der Waals surface area contributed by atoms with Crippen LogP contribution in [0, 0.1) is 0 Å². The molecule has 4 rings (SSSR count). The minimum atomic E-state index is -4.34. The molecule has 0 amide bonds. The van der Waals surface area contributed by atoms with Crippen LogP contribution in [0.1, 0.15) is 35.3 Å². The molecule has 3 aromatic rings. The first-order chi connectivity index (χ1) is 13.4. The van der Waals surface area contributed by atoms with Crippen LogP contribution in [0.5, 0.6) is 0 Å². The van der Waals surface area contributed by atoms with Crippen molar-refractivity contribution in [3.63, 3.8) is 0 Å². The van der Waals surface area contributed by atoms with Crippen molar-refractivity contribution in [3.8, 4) is 11.4 Å². The van der Waals surface area contributed by atoms with Crippen molar-refractivity contribution in [1.82, 2.24) is 9.97 Å². The summed E-state index contributed by atoms with van der Waals surface area (Å²) in [5.74, 6) is 0.469. The van der Waals surface area contributed by atoms with E-state index in [1.54, 1.807) is 35.6 Å². The topological polar surface area (TPSA) is 55.0 Å². The average molecular weight is 408 g/mol. The van der Waals surface area contributed by atoms with Crippen molar-refractivity contribution in [1.29, 1.82) is 0 Å². The standard InChI is InChI=1S/C20H19F3N2O2S/c21-20(22,23)11-27-10-12-6-8-13(9-7-12)17-24-18(26)16-14-4-2-1-3-5-15(14)28-19(16)25-17/h6-9H,1-5,10-11H2,(H,24,25,26). The number of aromatic amines is 1. The quantitative estimate of drug-likeness (QED) is 0.618. The number of thiophene rings is 1. The van der Waals surface area contributed by atoms with E-state index in [1.807, 2.05) is 0 Å². The number of alkyl halides is 3. The van der Waals surface area contributed by atoms with Gasteiger partial charge in [0.05, 0.1) is 12.0 Å². The second kappa shape index (κ2) is 7.67. The van der Waals surface area contributed by atoms with Crippen LogP contribution < -0.4 is 5.56 Å². The largest absolute Gasteiger partial charge is 0.411 e. The van der Waals surface area contributed by atoms with Gasteiger partial charge in [-0.3, -0.25) is 4.79 Å². The number of benzene rings is 1. The summed E-state index contributed by atoms with van der Waals surface area (Å²) < 4.78 is 41.1. The molecule has 0 spiro atoms. The highest BCUT2D eigenvalue weighted by Crippen LogP contribution is 2.33. The molecule has 1 aliphatic carbocycles. The Morgan fingerprint density at radius 3 is 2.61 bits per heavy atom. The van der Waals surface area contributed by atoms with Crippen molar-refractivity contribution >= 4 is 21.6 Å². The monoisotopic (exact) mass is 408 g/mol. The number of fused-ring (bicyclic) bond motifs is 3. The molecule has 28 heavy (non-hydrogen) atoms. The predicted molar refractivity (Wildman–Crippen MR) is 103 cm³/mol. The summed E-state index contributed by atoms with van der Waals surface area (Å²) >= 11 is 1.59. The Morgan fingerprint density at radius 2 is 1.86 bits per heavy atom. The van der Waals surface area contributed by atoms with Crippen LogP contribution in [-0.4, -0.2) is 22.8 Å². The molecule has 2 heterocycles. The molecule has 148 valence electrons. The van der Waals surface area contributed by atoms with Crippen molar-refractivity contribution in [2.75, 3.05) is 6.61 Å². The van der Waals surface area contributed by atoms with E-state index in [0.29, 0.717) is 22.3 Å². The van der Waals surface area contributed by atoms with Gasteiger partial charge < -0.3 is 9.72 Å². The van der Waals surface area contributed by atoms with Crippen LogP contribution in [0.25, 0.3) is 21.6 Å². The van der Waals surface area contributed by atoms with E-state index >= 15 is 0 Å². The van der Waals surface area contributed by atoms with Crippen LogP contribution in [0.4, 0.5) is 13.2 Å². The number of aromatic nitrogens is 2. The van der Waals surface area contributed by atoms with Gasteiger partial charge in [0.25, 0.3) is 5.56 Å². The van der Waals surface area contributed by atoms with Gasteiger partial charge in [0.2, 0.25) is 0 Å². The first kappa shape index (κ1) is 19.1. The Balaban J connectivity index is 1.58. The summed E-state index contributed by atoms with van der Waals surface area (Å²) in [6.07, 6.45) is 1.01. The lowest BCUT2D eigenvalue weighted by Crippen LogP contribution is -2.16. The molecular weight excluding hydrogens is 389 g/mol. The van der Waals surface area contributed by atoms with E-state index in [4.69, 9.17) is 0 Å². The van der Waals surface area contributed by atoms with E-state index in [-0.39, 0.29) is 12.2 Å². The second-order valence-electron chi connectivity index (χ2n) is 6.96. The van der Waals surface area contributed by atoms with Crippen LogP contribution in [0.2, 0.25) is 0 Å². The van der Waals surface area contributed by atoms with E-state index in [0.717, 1.165) is 36.1 Å². The van der Waals surface area contributed by atoms with E-state index in [9.17, 15) is 18.0 Å². The highest BCUT2D eigenvalue weighted by molar-refractivity contribution is 7.18. The third-order valence-corrected chi connectivity index (χ3v) is 6.02. The number of rotatable bonds is 4. The second-order valence-corrected chi connectivity index (χ2v) is 8.05. The summed E-state index contributed by atoms with van der Waals surface area (Å²) in [5, 5.41) is 0.711. The number of hydrogen-bond acceptors (Lipinski definition) is 4. The molecule has 0 saturated carbocycles. The van der Waals surface area contributed by atoms with Crippen molar-refractivity contribution in [2.24, 2.45) is 0 Å². The van der Waals surface area contributed by atoms with Gasteiger partial charge in [0.15, 0.2) is 0 Å². The molecule has 0 unspecified atom stereocenters. The molecule has 0 fully saturated rings. The molecule has 0 aliphatic heterocycles. The SMILES string of the molecule is O=c1[nH]c(-c2ccc(COCC(F)(F)F)cc2)nc2sc3c(c12)CCCCC3. The molecule has 1 aliphatic rings. The summed E-state index contributed by atoms with van der Waals surface area (Å²) in [4.78, 5) is 22.2. The van der Waals surface area contributed by atoms with Crippen molar-refractivity contribution in [3.05, 3.63) is 50.6 Å². The molecule has 0 saturated heterocycles. The van der Waals surface area contributed by atoms with Gasteiger partial charge in [0.1, 0.15) is 17.3 Å². The lowest BCUT2D eigenvalue weighted by atomic mass is 10.1. The molecule has 4 nitrogen and oxygen atoms in total. The highest BCUT2D eigenvalue weighted by Gasteiger charge is 2.27. The molecule has 0 atom stereocenters. The Kier molecular flexibility index (Phi) is 5.25. The smallest absolute Gasteiger partial charge is 0.367 e. The first-order valence-corrected chi connectivity index (χ1v) is 10.0. The zero-order valence-corrected chi connectivity index (χ0v) is 15.9. The molecule has 1 N–H and O–H groups in total. The Hall–Kier alpha value is -2.19. The summed E-state index contributed by atoms with van der Waals surface area (Å²) in [7, 11) is 0. The maximum Gasteiger partial charge on any atom is 0.411 e. The summed E-state index contributed by atoms with van der Waals surface area (Å²) in [6, 6.07) is 6.82. The minimum Gasteiger partial charge on any atom is -0.367 e. The van der Waals surface area contributed by atoms with Gasteiger partial charge in [-0.05, 0) is 36.8 Å². The number of H-pyrrole nitrogens is 1. The Labute approximate surface area is 163 Å². The zero-order valence-electron chi connectivity index (χ0n) is 15.1. The van der Waals surface area contributed by atoms with Gasteiger partial charge in [-0.15, -0.1) is 11.3 Å². The number of aryl methyl sites for hydroxylation is 2. The minimum absolute atomic E-state index is 0.125. The number of halogens is 3. The van der Waals surface area contributed by atoms with E-state index < -0.39 is 12.8 Å². The summed E-state index contributed by atoms with van der Waals surface area (Å²) in [5.41, 5.74) is 2.35. The van der Waals surface area contributed by atoms with E-state index in [1.165, 1.54) is 11.3 Å². The Morgan fingerprint density at radius 1 is 1.11 bits per heavy atom. The third-order valence-electron chi connectivity index (χ3n) is 4.84. The van der Waals surface area contributed by atoms with Crippen LogP contribution in [0.15, 0.2) is 29.1 Å². The maximum absolute atomic E-state index is 12.7. The molecule has 0 bridgehead atoms. The van der Waals surface area contributed by atoms with Crippen LogP contribution >= 0.6 is 11.3 Å². The van der Waals surface area contributed by atoms with Crippen molar-refractivity contribution < 1.29 is 17.9 Å². The zero-order chi connectivity index (χ0) is 19.7. The predicted octanol–water partition coefficient (Wildman–Crippen LogP) is 5.00. The average Bonchev–Trinajstić information content (AvgIpc) is 2.83. The molecular formula is C20H19F3N2O2S. The Bertz CT molecular complexity index is 1040. The fourth-order valence-corrected chi connectivity index (χ4v) is 4.78. The highest BCUT2D eigenvalue weighted by atomic mass is 32.1. The van der Waals surface area contributed by atoms with Crippen LogP contribution in [-0.2, 0) is 24.2 Å². The number of nitrogens with one attached hydrogen (secondary N) is 1. The molecule has 8 heteroatoms. The van der Waals surface area contributed by atoms with Crippen molar-refractivity contribution in [2.45, 2.75) is 44.9 Å².